The molecular weight excluding hydrogens is 251 g/mol. The number of hydrogen-bond acceptors (Lipinski definition) is 2. The summed E-state index contributed by atoms with van der Waals surface area (Å²) in [5, 5.41) is 0. The monoisotopic (exact) mass is 258 g/mol. The van der Waals surface area contributed by atoms with Crippen LogP contribution in [0.25, 0.3) is 0 Å². The van der Waals surface area contributed by atoms with Gasteiger partial charge in [0.15, 0.2) is 0 Å². The summed E-state index contributed by atoms with van der Waals surface area (Å²) in [6.45, 7) is 0. The molecule has 0 unspecified atom stereocenters. The van der Waals surface area contributed by atoms with Crippen LogP contribution in [-0.2, 0) is 0 Å². The second kappa shape index (κ2) is 4.90. The van der Waals surface area contributed by atoms with E-state index in [1.54, 1.807) is 6.26 Å². The molecule has 0 heterocycles. The molecule has 0 bridgehead atoms. The van der Waals surface area contributed by atoms with Crippen LogP contribution in [0.3, 0.4) is 0 Å². The molecule has 90 valence electrons. The Morgan fingerprint density at radius 1 is 1.25 bits per heavy atom. The lowest BCUT2D eigenvalue weighted by Crippen LogP contribution is -2.18. The summed E-state index contributed by atoms with van der Waals surface area (Å²) in [5.74, 6) is -0.852. The van der Waals surface area contributed by atoms with E-state index in [4.69, 9.17) is 0 Å². The second-order valence-electron chi connectivity index (χ2n) is 2.75. The van der Waals surface area contributed by atoms with Crippen LogP contribution < -0.4 is 4.74 Å². The highest BCUT2D eigenvalue weighted by atomic mass is 32.2. The summed E-state index contributed by atoms with van der Waals surface area (Å²) >= 11 is 1.14. The summed E-state index contributed by atoms with van der Waals surface area (Å²) in [7, 11) is 0. The highest BCUT2D eigenvalue weighted by molar-refractivity contribution is 7.98. The van der Waals surface area contributed by atoms with E-state index in [-0.39, 0.29) is 0 Å². The number of alkyl halides is 5. The fraction of sp³-hybridized carbons (Fsp3) is 0.333. The zero-order valence-corrected chi connectivity index (χ0v) is 8.83. The average molecular weight is 258 g/mol. The highest BCUT2D eigenvalue weighted by Gasteiger charge is 2.33. The predicted molar refractivity (Wildman–Crippen MR) is 49.9 cm³/mol. The van der Waals surface area contributed by atoms with Crippen LogP contribution in [-0.4, -0.2) is 12.6 Å². The number of halogens is 5. The van der Waals surface area contributed by atoms with Crippen molar-refractivity contribution in [1.82, 2.24) is 0 Å². The van der Waals surface area contributed by atoms with Gasteiger partial charge in [-0.05, 0) is 24.5 Å². The lowest BCUT2D eigenvalue weighted by molar-refractivity contribution is -0.275. The molecule has 0 fully saturated rings. The lowest BCUT2D eigenvalue weighted by atomic mass is 10.2. The number of benzene rings is 1. The van der Waals surface area contributed by atoms with E-state index in [2.05, 4.69) is 4.74 Å². The maximum atomic E-state index is 12.4. The number of rotatable bonds is 3. The van der Waals surface area contributed by atoms with Gasteiger partial charge in [-0.1, -0.05) is 0 Å². The molecule has 0 amide bonds. The zero-order chi connectivity index (χ0) is 12.3. The van der Waals surface area contributed by atoms with Gasteiger partial charge >= 0.3 is 6.36 Å². The van der Waals surface area contributed by atoms with Gasteiger partial charge in [-0.15, -0.1) is 24.9 Å². The fourth-order valence-electron chi connectivity index (χ4n) is 1.04. The molecule has 0 aromatic heterocycles. The van der Waals surface area contributed by atoms with Crippen molar-refractivity contribution >= 4 is 11.8 Å². The molecular formula is C9H7F5OS. The van der Waals surface area contributed by atoms with Crippen LogP contribution >= 0.6 is 11.8 Å². The van der Waals surface area contributed by atoms with Crippen LogP contribution in [0.15, 0.2) is 23.1 Å². The van der Waals surface area contributed by atoms with Gasteiger partial charge in [-0.25, -0.2) is 8.78 Å². The molecule has 7 heteroatoms. The smallest absolute Gasteiger partial charge is 0.405 e. The van der Waals surface area contributed by atoms with Crippen molar-refractivity contribution < 1.29 is 26.7 Å². The Kier molecular flexibility index (Phi) is 4.01. The molecule has 1 aromatic carbocycles. The normalized spacial score (nSPS) is 11.9. The van der Waals surface area contributed by atoms with E-state index in [1.807, 2.05) is 0 Å². The maximum absolute atomic E-state index is 12.4. The van der Waals surface area contributed by atoms with Crippen molar-refractivity contribution in [3.63, 3.8) is 0 Å². The van der Waals surface area contributed by atoms with Crippen molar-refractivity contribution in [3.05, 3.63) is 23.8 Å². The molecule has 1 nitrogen and oxygen atoms in total. The van der Waals surface area contributed by atoms with E-state index in [0.717, 1.165) is 23.9 Å². The highest BCUT2D eigenvalue weighted by Crippen LogP contribution is 2.35. The lowest BCUT2D eigenvalue weighted by Gasteiger charge is -2.13. The van der Waals surface area contributed by atoms with E-state index >= 15 is 0 Å². The Morgan fingerprint density at radius 2 is 1.88 bits per heavy atom. The van der Waals surface area contributed by atoms with Crippen molar-refractivity contribution in [2.45, 2.75) is 17.7 Å². The minimum absolute atomic E-state index is 0.420. The van der Waals surface area contributed by atoms with Gasteiger partial charge in [-0.3, -0.25) is 0 Å². The molecule has 1 rings (SSSR count). The van der Waals surface area contributed by atoms with Gasteiger partial charge in [-0.2, -0.15) is 0 Å². The number of ether oxygens (including phenoxy) is 1. The third kappa shape index (κ3) is 3.55. The Bertz CT molecular complexity index is 363. The molecule has 1 aromatic rings. The van der Waals surface area contributed by atoms with Gasteiger partial charge in [0.05, 0.1) is 5.56 Å². The van der Waals surface area contributed by atoms with E-state index in [1.165, 1.54) is 6.07 Å². The van der Waals surface area contributed by atoms with Gasteiger partial charge < -0.3 is 4.74 Å². The quantitative estimate of drug-likeness (QED) is 0.592. The van der Waals surface area contributed by atoms with Gasteiger partial charge in [0.2, 0.25) is 0 Å². The third-order valence-electron chi connectivity index (χ3n) is 1.68. The molecule has 0 N–H and O–H groups in total. The maximum Gasteiger partial charge on any atom is 0.573 e. The molecule has 0 aliphatic rings. The molecule has 0 aliphatic carbocycles. The first-order valence-electron chi connectivity index (χ1n) is 4.05. The molecule has 0 radical (unpaired) electrons. The Labute approximate surface area is 92.6 Å². The van der Waals surface area contributed by atoms with Crippen LogP contribution in [0.4, 0.5) is 22.0 Å². The number of thioether (sulfide) groups is 1. The summed E-state index contributed by atoms with van der Waals surface area (Å²) in [6.07, 6.45) is -6.36. The van der Waals surface area contributed by atoms with Crippen LogP contribution in [0.2, 0.25) is 0 Å². The SMILES string of the molecule is CSc1ccc(C(F)F)c(OC(F)(F)F)c1. The van der Waals surface area contributed by atoms with Crippen molar-refractivity contribution in [2.75, 3.05) is 6.26 Å². The summed E-state index contributed by atoms with van der Waals surface area (Å²) in [5.41, 5.74) is -0.768. The average Bonchev–Trinajstić information content (AvgIpc) is 2.14. The summed E-state index contributed by atoms with van der Waals surface area (Å²) in [6, 6.07) is 3.19. The van der Waals surface area contributed by atoms with Crippen molar-refractivity contribution in [1.29, 1.82) is 0 Å². The topological polar surface area (TPSA) is 9.23 Å². The summed E-state index contributed by atoms with van der Waals surface area (Å²) < 4.78 is 64.2. The summed E-state index contributed by atoms with van der Waals surface area (Å²) in [4.78, 5) is 0.420. The van der Waals surface area contributed by atoms with E-state index < -0.39 is 24.1 Å². The minimum Gasteiger partial charge on any atom is -0.405 e. The van der Waals surface area contributed by atoms with Gasteiger partial charge in [0.1, 0.15) is 5.75 Å². The third-order valence-corrected chi connectivity index (χ3v) is 2.41. The molecule has 0 saturated carbocycles. The van der Waals surface area contributed by atoms with Crippen LogP contribution in [0, 0.1) is 0 Å². The molecule has 0 saturated heterocycles. The Hall–Kier alpha value is -0.980. The van der Waals surface area contributed by atoms with Crippen molar-refractivity contribution in [2.24, 2.45) is 0 Å². The predicted octanol–water partition coefficient (Wildman–Crippen LogP) is 4.24. The fourth-order valence-corrected chi connectivity index (χ4v) is 1.46. The van der Waals surface area contributed by atoms with Crippen LogP contribution in [0.1, 0.15) is 12.0 Å². The number of hydrogen-bond donors (Lipinski definition) is 0. The largest absolute Gasteiger partial charge is 0.573 e. The molecule has 0 aliphatic heterocycles. The van der Waals surface area contributed by atoms with E-state index in [9.17, 15) is 22.0 Å². The molecule has 16 heavy (non-hydrogen) atoms. The Morgan fingerprint density at radius 3 is 2.31 bits per heavy atom. The first-order chi connectivity index (χ1) is 7.33. The van der Waals surface area contributed by atoms with E-state index in [0.29, 0.717) is 4.90 Å². The zero-order valence-electron chi connectivity index (χ0n) is 8.02. The van der Waals surface area contributed by atoms with Crippen LogP contribution in [0.5, 0.6) is 5.75 Å². The molecule has 0 spiro atoms. The van der Waals surface area contributed by atoms with Gasteiger partial charge in [0, 0.05) is 4.90 Å². The molecule has 0 atom stereocenters. The minimum atomic E-state index is -4.97. The van der Waals surface area contributed by atoms with Gasteiger partial charge in [0.25, 0.3) is 6.43 Å². The first-order valence-corrected chi connectivity index (χ1v) is 5.28. The first kappa shape index (κ1) is 13.1. The standard InChI is InChI=1S/C9H7F5OS/c1-16-5-2-3-6(8(10)11)7(4-5)15-9(12,13)14/h2-4,8H,1H3. The second-order valence-corrected chi connectivity index (χ2v) is 3.63. The Balaban J connectivity index is 3.10. The van der Waals surface area contributed by atoms with Crippen molar-refractivity contribution in [3.8, 4) is 5.75 Å².